The molecule has 0 saturated carbocycles. The predicted molar refractivity (Wildman–Crippen MR) is 127 cm³/mol. The van der Waals surface area contributed by atoms with Crippen molar-refractivity contribution in [1.82, 2.24) is 4.90 Å². The number of halogens is 2. The van der Waals surface area contributed by atoms with Gasteiger partial charge in [-0.05, 0) is 53.9 Å². The van der Waals surface area contributed by atoms with E-state index in [1.807, 2.05) is 6.07 Å². The molecule has 8 nitrogen and oxygen atoms in total. The van der Waals surface area contributed by atoms with E-state index in [4.69, 9.17) is 25.8 Å². The van der Waals surface area contributed by atoms with E-state index in [2.05, 4.69) is 0 Å². The molecule has 1 atom stereocenters. The number of methoxy groups -OCH3 is 2. The number of nitro groups is 1. The molecule has 4 rings (SSSR count). The minimum Gasteiger partial charge on any atom is -0.493 e. The van der Waals surface area contributed by atoms with Crippen molar-refractivity contribution >= 4 is 23.2 Å². The van der Waals surface area contributed by atoms with Crippen LogP contribution in [0.5, 0.6) is 17.2 Å². The maximum atomic E-state index is 14.6. The van der Waals surface area contributed by atoms with Crippen molar-refractivity contribution in [3.8, 4) is 17.2 Å². The second-order valence-electron chi connectivity index (χ2n) is 7.83. The fourth-order valence-electron chi connectivity index (χ4n) is 4.14. The van der Waals surface area contributed by atoms with Gasteiger partial charge in [0.15, 0.2) is 11.5 Å². The number of ether oxygens (including phenoxy) is 3. The number of non-ortho nitro benzene ring substituents is 1. The zero-order valence-corrected chi connectivity index (χ0v) is 19.8. The van der Waals surface area contributed by atoms with Gasteiger partial charge in [0.1, 0.15) is 18.2 Å². The Morgan fingerprint density at radius 2 is 1.83 bits per heavy atom. The summed E-state index contributed by atoms with van der Waals surface area (Å²) in [5.74, 6) is 0.143. The van der Waals surface area contributed by atoms with Gasteiger partial charge >= 0.3 is 0 Å². The number of hydrogen-bond acceptors (Lipinski definition) is 6. The molecule has 3 aromatic rings. The van der Waals surface area contributed by atoms with Crippen molar-refractivity contribution in [2.24, 2.45) is 0 Å². The third kappa shape index (κ3) is 4.85. The Hall–Kier alpha value is -3.85. The normalized spacial score (nSPS) is 14.7. The standard InChI is InChI=1S/C25H22ClFN2O6/c1-33-22-12-15-10-11-28(25(30)24-19(26)4-3-5-20(24)27)21(18(15)13-23(22)34-2)14-35-17-8-6-16(7-9-17)29(31)32/h3-9,12-13,21H,10-11,14H2,1-2H3. The Labute approximate surface area is 205 Å². The highest BCUT2D eigenvalue weighted by Gasteiger charge is 2.35. The van der Waals surface area contributed by atoms with Gasteiger partial charge in [0, 0.05) is 18.7 Å². The number of hydrogen-bond donors (Lipinski definition) is 0. The van der Waals surface area contributed by atoms with E-state index in [1.54, 1.807) is 6.07 Å². The molecule has 0 fully saturated rings. The molecule has 0 spiro atoms. The summed E-state index contributed by atoms with van der Waals surface area (Å²) in [6.07, 6.45) is 0.502. The average Bonchev–Trinajstić information content (AvgIpc) is 2.86. The van der Waals surface area contributed by atoms with Crippen molar-refractivity contribution in [2.75, 3.05) is 27.4 Å². The molecule has 1 heterocycles. The first-order chi connectivity index (χ1) is 16.8. The Balaban J connectivity index is 1.72. The third-order valence-corrected chi connectivity index (χ3v) is 6.21. The van der Waals surface area contributed by atoms with Crippen LogP contribution in [0.3, 0.4) is 0 Å². The number of carbonyl (C=O) groups is 1. The Morgan fingerprint density at radius 3 is 2.46 bits per heavy atom. The number of benzene rings is 3. The highest BCUT2D eigenvalue weighted by Crippen LogP contribution is 2.39. The molecule has 1 unspecified atom stereocenters. The van der Waals surface area contributed by atoms with Crippen LogP contribution in [0.25, 0.3) is 0 Å². The molecule has 1 amide bonds. The predicted octanol–water partition coefficient (Wildman–Crippen LogP) is 5.22. The van der Waals surface area contributed by atoms with Crippen molar-refractivity contribution in [3.05, 3.63) is 92.2 Å². The van der Waals surface area contributed by atoms with Crippen LogP contribution in [-0.2, 0) is 6.42 Å². The van der Waals surface area contributed by atoms with Gasteiger partial charge in [0.25, 0.3) is 11.6 Å². The summed E-state index contributed by atoms with van der Waals surface area (Å²) in [5.41, 5.74) is 1.42. The molecule has 0 saturated heterocycles. The molecule has 1 aliphatic rings. The summed E-state index contributed by atoms with van der Waals surface area (Å²) in [7, 11) is 3.05. The number of amides is 1. The fourth-order valence-corrected chi connectivity index (χ4v) is 4.38. The highest BCUT2D eigenvalue weighted by molar-refractivity contribution is 6.33. The van der Waals surface area contributed by atoms with E-state index < -0.39 is 22.7 Å². The summed E-state index contributed by atoms with van der Waals surface area (Å²) >= 11 is 6.18. The maximum absolute atomic E-state index is 14.6. The van der Waals surface area contributed by atoms with Gasteiger partial charge in [-0.2, -0.15) is 0 Å². The Kier molecular flexibility index (Phi) is 7.07. The molecule has 1 aliphatic heterocycles. The number of fused-ring (bicyclic) bond motifs is 1. The zero-order chi connectivity index (χ0) is 25.1. The topological polar surface area (TPSA) is 91.1 Å². The Bertz CT molecular complexity index is 1250. The van der Waals surface area contributed by atoms with E-state index in [1.165, 1.54) is 61.6 Å². The van der Waals surface area contributed by atoms with Gasteiger partial charge in [-0.1, -0.05) is 17.7 Å². The number of nitro benzene ring substituents is 1. The van der Waals surface area contributed by atoms with E-state index in [0.29, 0.717) is 30.2 Å². The maximum Gasteiger partial charge on any atom is 0.269 e. The summed E-state index contributed by atoms with van der Waals surface area (Å²) in [4.78, 5) is 25.4. The largest absolute Gasteiger partial charge is 0.493 e. The van der Waals surface area contributed by atoms with E-state index in [9.17, 15) is 19.3 Å². The van der Waals surface area contributed by atoms with Crippen LogP contribution < -0.4 is 14.2 Å². The van der Waals surface area contributed by atoms with Gasteiger partial charge in [0.05, 0.1) is 35.8 Å². The number of rotatable bonds is 7. The van der Waals surface area contributed by atoms with Crippen LogP contribution in [-0.4, -0.2) is 43.1 Å². The lowest BCUT2D eigenvalue weighted by Crippen LogP contribution is -2.43. The van der Waals surface area contributed by atoms with E-state index in [-0.39, 0.29) is 22.9 Å². The smallest absolute Gasteiger partial charge is 0.269 e. The zero-order valence-electron chi connectivity index (χ0n) is 19.0. The lowest BCUT2D eigenvalue weighted by atomic mass is 9.91. The molecule has 10 heteroatoms. The van der Waals surface area contributed by atoms with Crippen LogP contribution >= 0.6 is 11.6 Å². The van der Waals surface area contributed by atoms with E-state index >= 15 is 0 Å². The molecule has 0 aromatic heterocycles. The van der Waals surface area contributed by atoms with Gasteiger partial charge in [-0.25, -0.2) is 4.39 Å². The lowest BCUT2D eigenvalue weighted by Gasteiger charge is -2.38. The third-order valence-electron chi connectivity index (χ3n) is 5.90. The fraction of sp³-hybridized carbons (Fsp3) is 0.240. The minimum absolute atomic E-state index is 0.0120. The molecule has 0 bridgehead atoms. The molecular formula is C25H22ClFN2O6. The van der Waals surface area contributed by atoms with Crippen LogP contribution in [0.1, 0.15) is 27.5 Å². The lowest BCUT2D eigenvalue weighted by molar-refractivity contribution is -0.384. The molecule has 3 aromatic carbocycles. The van der Waals surface area contributed by atoms with Crippen molar-refractivity contribution < 1.29 is 28.3 Å². The quantitative estimate of drug-likeness (QED) is 0.326. The first-order valence-corrected chi connectivity index (χ1v) is 11.1. The van der Waals surface area contributed by atoms with Gasteiger partial charge < -0.3 is 19.1 Å². The minimum atomic E-state index is -0.712. The summed E-state index contributed by atoms with van der Waals surface area (Å²) < 4.78 is 31.4. The second kappa shape index (κ2) is 10.2. The van der Waals surface area contributed by atoms with Gasteiger partial charge in [-0.15, -0.1) is 0 Å². The highest BCUT2D eigenvalue weighted by atomic mass is 35.5. The van der Waals surface area contributed by atoms with Crippen LogP contribution in [0.2, 0.25) is 5.02 Å². The molecule has 0 radical (unpaired) electrons. The summed E-state index contributed by atoms with van der Waals surface area (Å²) in [6.45, 7) is 0.304. The monoisotopic (exact) mass is 500 g/mol. The van der Waals surface area contributed by atoms with Gasteiger partial charge in [0.2, 0.25) is 0 Å². The molecular weight excluding hydrogens is 479 g/mol. The van der Waals surface area contributed by atoms with Crippen LogP contribution in [0.4, 0.5) is 10.1 Å². The number of nitrogens with zero attached hydrogens (tertiary/aromatic N) is 2. The van der Waals surface area contributed by atoms with Crippen molar-refractivity contribution in [2.45, 2.75) is 12.5 Å². The molecule has 35 heavy (non-hydrogen) atoms. The first kappa shape index (κ1) is 24.3. The van der Waals surface area contributed by atoms with Crippen molar-refractivity contribution in [1.29, 1.82) is 0 Å². The average molecular weight is 501 g/mol. The van der Waals surface area contributed by atoms with Gasteiger partial charge in [-0.3, -0.25) is 14.9 Å². The summed E-state index contributed by atoms with van der Waals surface area (Å²) in [6, 6.07) is 12.7. The van der Waals surface area contributed by atoms with E-state index in [0.717, 1.165) is 11.1 Å². The molecule has 0 aliphatic carbocycles. The Morgan fingerprint density at radius 1 is 1.14 bits per heavy atom. The number of carbonyl (C=O) groups excluding carboxylic acids is 1. The van der Waals surface area contributed by atoms with Crippen molar-refractivity contribution in [3.63, 3.8) is 0 Å². The first-order valence-electron chi connectivity index (χ1n) is 10.7. The van der Waals surface area contributed by atoms with Crippen LogP contribution in [0, 0.1) is 15.9 Å². The molecule has 0 N–H and O–H groups in total. The molecule has 182 valence electrons. The summed E-state index contributed by atoms with van der Waals surface area (Å²) in [5, 5.41) is 10.9. The SMILES string of the molecule is COc1cc2c(cc1OC)C(COc1ccc([N+](=O)[O-])cc1)N(C(=O)c1c(F)cccc1Cl)CC2. The van der Waals surface area contributed by atoms with Crippen LogP contribution in [0.15, 0.2) is 54.6 Å². The second-order valence-corrected chi connectivity index (χ2v) is 8.24.